The Labute approximate surface area is 148 Å². The van der Waals surface area contributed by atoms with Gasteiger partial charge in [0.2, 0.25) is 17.1 Å². The lowest BCUT2D eigenvalue weighted by molar-refractivity contribution is -0.132. The van der Waals surface area contributed by atoms with Gasteiger partial charge in [-0.3, -0.25) is 14.5 Å². The molecule has 6 nitrogen and oxygen atoms in total. The van der Waals surface area contributed by atoms with Crippen molar-refractivity contribution in [3.63, 3.8) is 0 Å². The van der Waals surface area contributed by atoms with Crippen molar-refractivity contribution in [1.82, 2.24) is 9.80 Å². The Bertz CT molecular complexity index is 637. The SMILES string of the molecule is COc1coc(CN2CCCN(C(=O)CC3CCCC3)CC2)cc1=O. The van der Waals surface area contributed by atoms with Gasteiger partial charge >= 0.3 is 0 Å². The molecule has 1 aliphatic carbocycles. The first-order valence-electron chi connectivity index (χ1n) is 9.31. The number of amides is 1. The number of carbonyl (C=O) groups excluding carboxylic acids is 1. The first kappa shape index (κ1) is 18.0. The second-order valence-electron chi connectivity index (χ2n) is 7.14. The van der Waals surface area contributed by atoms with E-state index in [-0.39, 0.29) is 11.2 Å². The molecule has 1 aromatic rings. The highest BCUT2D eigenvalue weighted by molar-refractivity contribution is 5.76. The highest BCUT2D eigenvalue weighted by atomic mass is 16.5. The van der Waals surface area contributed by atoms with Gasteiger partial charge in [0.1, 0.15) is 12.0 Å². The molecule has 1 saturated heterocycles. The topological polar surface area (TPSA) is 63.0 Å². The molecule has 0 unspecified atom stereocenters. The van der Waals surface area contributed by atoms with Crippen LogP contribution in [-0.4, -0.2) is 49.0 Å². The van der Waals surface area contributed by atoms with Crippen LogP contribution in [0.5, 0.6) is 5.75 Å². The highest BCUT2D eigenvalue weighted by Gasteiger charge is 2.24. The average Bonchev–Trinajstić information content (AvgIpc) is 2.99. The molecule has 25 heavy (non-hydrogen) atoms. The van der Waals surface area contributed by atoms with Crippen molar-refractivity contribution in [2.24, 2.45) is 5.92 Å². The molecule has 138 valence electrons. The fourth-order valence-electron chi connectivity index (χ4n) is 3.86. The zero-order valence-electron chi connectivity index (χ0n) is 15.0. The molecular weight excluding hydrogens is 320 g/mol. The van der Waals surface area contributed by atoms with E-state index < -0.39 is 0 Å². The maximum atomic E-state index is 12.5. The number of hydrogen-bond acceptors (Lipinski definition) is 5. The average molecular weight is 348 g/mol. The van der Waals surface area contributed by atoms with Crippen molar-refractivity contribution in [2.45, 2.75) is 45.1 Å². The lowest BCUT2D eigenvalue weighted by atomic mass is 10.0. The minimum Gasteiger partial charge on any atom is -0.490 e. The molecule has 2 heterocycles. The van der Waals surface area contributed by atoms with Crippen LogP contribution in [0.15, 0.2) is 21.5 Å². The van der Waals surface area contributed by atoms with Crippen LogP contribution in [0.3, 0.4) is 0 Å². The second-order valence-corrected chi connectivity index (χ2v) is 7.14. The largest absolute Gasteiger partial charge is 0.490 e. The first-order valence-corrected chi connectivity index (χ1v) is 9.31. The zero-order chi connectivity index (χ0) is 17.6. The molecule has 2 aliphatic rings. The molecular formula is C19H28N2O4. The third-order valence-corrected chi connectivity index (χ3v) is 5.33. The summed E-state index contributed by atoms with van der Waals surface area (Å²) in [6, 6.07) is 1.49. The summed E-state index contributed by atoms with van der Waals surface area (Å²) in [7, 11) is 1.46. The molecule has 1 amide bonds. The Balaban J connectivity index is 1.51. The van der Waals surface area contributed by atoms with Crippen LogP contribution in [0, 0.1) is 5.92 Å². The van der Waals surface area contributed by atoms with E-state index in [0.717, 1.165) is 32.6 Å². The number of rotatable bonds is 5. The van der Waals surface area contributed by atoms with Crippen LogP contribution in [0.1, 0.15) is 44.3 Å². The van der Waals surface area contributed by atoms with E-state index in [1.807, 2.05) is 4.90 Å². The summed E-state index contributed by atoms with van der Waals surface area (Å²) in [5.74, 6) is 1.77. The summed E-state index contributed by atoms with van der Waals surface area (Å²) >= 11 is 0. The Kier molecular flexibility index (Phi) is 6.13. The smallest absolute Gasteiger partial charge is 0.227 e. The van der Waals surface area contributed by atoms with E-state index in [9.17, 15) is 9.59 Å². The monoisotopic (exact) mass is 348 g/mol. The summed E-state index contributed by atoms with van der Waals surface area (Å²) in [5.41, 5.74) is -0.160. The van der Waals surface area contributed by atoms with Crippen LogP contribution in [0.25, 0.3) is 0 Å². The maximum Gasteiger partial charge on any atom is 0.227 e. The van der Waals surface area contributed by atoms with Crippen LogP contribution >= 0.6 is 0 Å². The molecule has 0 aromatic carbocycles. The van der Waals surface area contributed by atoms with E-state index in [2.05, 4.69) is 4.90 Å². The van der Waals surface area contributed by atoms with Crippen LogP contribution in [0.4, 0.5) is 0 Å². The molecule has 6 heteroatoms. The van der Waals surface area contributed by atoms with Crippen LogP contribution in [0.2, 0.25) is 0 Å². The van der Waals surface area contributed by atoms with Gasteiger partial charge in [-0.2, -0.15) is 0 Å². The van der Waals surface area contributed by atoms with Gasteiger partial charge in [-0.1, -0.05) is 12.8 Å². The lowest BCUT2D eigenvalue weighted by Gasteiger charge is -2.23. The van der Waals surface area contributed by atoms with Gasteiger partial charge in [0.25, 0.3) is 0 Å². The summed E-state index contributed by atoms with van der Waals surface area (Å²) in [5, 5.41) is 0. The summed E-state index contributed by atoms with van der Waals surface area (Å²) < 4.78 is 10.4. The van der Waals surface area contributed by atoms with E-state index in [1.54, 1.807) is 0 Å². The standard InChI is InChI=1S/C19H28N2O4/c1-24-18-14-25-16(12-17(18)22)13-20-7-4-8-21(10-9-20)19(23)11-15-5-2-3-6-15/h12,14-15H,2-11,13H2,1H3. The molecule has 0 radical (unpaired) electrons. The van der Waals surface area contributed by atoms with Crippen molar-refractivity contribution in [3.05, 3.63) is 28.3 Å². The van der Waals surface area contributed by atoms with Gasteiger partial charge in [-0.25, -0.2) is 0 Å². The normalized spacial score (nSPS) is 19.8. The van der Waals surface area contributed by atoms with Crippen molar-refractivity contribution >= 4 is 5.91 Å². The minimum atomic E-state index is -0.160. The maximum absolute atomic E-state index is 12.5. The summed E-state index contributed by atoms with van der Waals surface area (Å²) in [6.45, 7) is 3.89. The van der Waals surface area contributed by atoms with Crippen LogP contribution in [-0.2, 0) is 11.3 Å². The summed E-state index contributed by atoms with van der Waals surface area (Å²) in [4.78, 5) is 28.6. The molecule has 1 saturated carbocycles. The number of ether oxygens (including phenoxy) is 1. The Morgan fingerprint density at radius 2 is 2.00 bits per heavy atom. The Morgan fingerprint density at radius 1 is 1.20 bits per heavy atom. The molecule has 0 spiro atoms. The fourth-order valence-corrected chi connectivity index (χ4v) is 3.86. The molecule has 1 aliphatic heterocycles. The van der Waals surface area contributed by atoms with Gasteiger partial charge in [0, 0.05) is 38.7 Å². The zero-order valence-corrected chi connectivity index (χ0v) is 15.0. The van der Waals surface area contributed by atoms with Gasteiger partial charge in [-0.05, 0) is 25.2 Å². The van der Waals surface area contributed by atoms with Gasteiger partial charge < -0.3 is 14.1 Å². The minimum absolute atomic E-state index is 0.160. The molecule has 0 N–H and O–H groups in total. The Hall–Kier alpha value is -1.82. The molecule has 0 atom stereocenters. The van der Waals surface area contributed by atoms with Gasteiger partial charge in [0.05, 0.1) is 13.7 Å². The van der Waals surface area contributed by atoms with E-state index in [4.69, 9.17) is 9.15 Å². The molecule has 3 rings (SSSR count). The fraction of sp³-hybridized carbons (Fsp3) is 0.684. The number of methoxy groups -OCH3 is 1. The molecule has 2 fully saturated rings. The predicted octanol–water partition coefficient (Wildman–Crippen LogP) is 2.26. The van der Waals surface area contributed by atoms with Crippen molar-refractivity contribution < 1.29 is 13.9 Å². The van der Waals surface area contributed by atoms with Crippen molar-refractivity contribution in [2.75, 3.05) is 33.3 Å². The second kappa shape index (κ2) is 8.52. The first-order chi connectivity index (χ1) is 12.2. The van der Waals surface area contributed by atoms with Crippen LogP contribution < -0.4 is 10.2 Å². The molecule has 0 bridgehead atoms. The lowest BCUT2D eigenvalue weighted by Crippen LogP contribution is -2.35. The number of carbonyl (C=O) groups is 1. The number of nitrogens with zero attached hydrogens (tertiary/aromatic N) is 2. The quantitative estimate of drug-likeness (QED) is 0.817. The molecule has 1 aromatic heterocycles. The van der Waals surface area contributed by atoms with E-state index >= 15 is 0 Å². The van der Waals surface area contributed by atoms with E-state index in [0.29, 0.717) is 30.6 Å². The van der Waals surface area contributed by atoms with Gasteiger partial charge in [0.15, 0.2) is 0 Å². The third kappa shape index (κ3) is 4.84. The van der Waals surface area contributed by atoms with Crippen molar-refractivity contribution in [3.8, 4) is 5.75 Å². The summed E-state index contributed by atoms with van der Waals surface area (Å²) in [6.07, 6.45) is 8.01. The number of hydrogen-bond donors (Lipinski definition) is 0. The third-order valence-electron chi connectivity index (χ3n) is 5.33. The van der Waals surface area contributed by atoms with Crippen molar-refractivity contribution in [1.29, 1.82) is 0 Å². The predicted molar refractivity (Wildman–Crippen MR) is 94.6 cm³/mol. The van der Waals surface area contributed by atoms with E-state index in [1.165, 1.54) is 45.1 Å². The highest BCUT2D eigenvalue weighted by Crippen LogP contribution is 2.28. The Morgan fingerprint density at radius 3 is 2.72 bits per heavy atom. The van der Waals surface area contributed by atoms with Gasteiger partial charge in [-0.15, -0.1) is 0 Å².